The van der Waals surface area contributed by atoms with Gasteiger partial charge in [0.15, 0.2) is 0 Å². The van der Waals surface area contributed by atoms with Crippen LogP contribution < -0.4 is 4.90 Å². The van der Waals surface area contributed by atoms with Crippen LogP contribution in [0.5, 0.6) is 0 Å². The lowest BCUT2D eigenvalue weighted by atomic mass is 9.55. The Balaban J connectivity index is 1.05. The highest BCUT2D eigenvalue weighted by Gasteiger charge is 2.45. The van der Waals surface area contributed by atoms with Gasteiger partial charge in [0, 0.05) is 17.1 Å². The van der Waals surface area contributed by atoms with Crippen molar-refractivity contribution in [3.63, 3.8) is 0 Å². The molecule has 1 heteroatoms. The first-order chi connectivity index (χ1) is 26.8. The van der Waals surface area contributed by atoms with Crippen LogP contribution in [-0.4, -0.2) is 0 Å². The summed E-state index contributed by atoms with van der Waals surface area (Å²) >= 11 is 0. The summed E-state index contributed by atoms with van der Waals surface area (Å²) in [6.45, 7) is 9.60. The molecule has 55 heavy (non-hydrogen) atoms. The summed E-state index contributed by atoms with van der Waals surface area (Å²) in [5.74, 6) is 0. The van der Waals surface area contributed by atoms with E-state index >= 15 is 0 Å². The zero-order valence-corrected chi connectivity index (χ0v) is 32.0. The molecule has 0 heterocycles. The van der Waals surface area contributed by atoms with E-state index in [2.05, 4.69) is 233 Å². The Morgan fingerprint density at radius 2 is 0.618 bits per heavy atom. The summed E-state index contributed by atoms with van der Waals surface area (Å²) in [5, 5.41) is 0. The van der Waals surface area contributed by atoms with Gasteiger partial charge in [-0.15, -0.1) is 0 Å². The van der Waals surface area contributed by atoms with Crippen molar-refractivity contribution in [1.82, 2.24) is 0 Å². The molecule has 0 saturated carbocycles. The van der Waals surface area contributed by atoms with Crippen LogP contribution in [0.2, 0.25) is 0 Å². The second-order valence-electron chi connectivity index (χ2n) is 15.8. The Labute approximate surface area is 326 Å². The van der Waals surface area contributed by atoms with E-state index in [4.69, 9.17) is 0 Å². The first-order valence-electron chi connectivity index (χ1n) is 19.3. The third kappa shape index (κ3) is 6.16. The summed E-state index contributed by atoms with van der Waals surface area (Å²) < 4.78 is 0. The lowest BCUT2D eigenvalue weighted by Gasteiger charge is -2.48. The van der Waals surface area contributed by atoms with E-state index in [1.807, 2.05) is 0 Å². The molecule has 1 nitrogen and oxygen atoms in total. The van der Waals surface area contributed by atoms with Crippen LogP contribution in [0.15, 0.2) is 200 Å². The average molecular weight is 708 g/mol. The molecule has 0 spiro atoms. The first kappa shape index (κ1) is 34.3. The van der Waals surface area contributed by atoms with Gasteiger partial charge in [-0.05, 0) is 126 Å². The molecule has 0 radical (unpaired) electrons. The maximum atomic E-state index is 2.44. The van der Waals surface area contributed by atoms with E-state index in [1.54, 1.807) is 0 Å². The maximum Gasteiger partial charge on any atom is 0.0462 e. The SMILES string of the molecule is CC1(C)c2ccccc2-c2ccc(-c3cccc(-c4ccc(N(c5ccc(-c6ccccc6)cc5)c5ccc(-c6ccccc6)cc5)cc4)c3)cc2C1(C)C. The summed E-state index contributed by atoms with van der Waals surface area (Å²) in [7, 11) is 0. The van der Waals surface area contributed by atoms with Gasteiger partial charge >= 0.3 is 0 Å². The Morgan fingerprint density at radius 1 is 0.273 bits per heavy atom. The minimum absolute atomic E-state index is 0.000556. The molecular weight excluding hydrogens is 663 g/mol. The highest BCUT2D eigenvalue weighted by molar-refractivity contribution is 5.84. The number of hydrogen-bond acceptors (Lipinski definition) is 1. The Bertz CT molecular complexity index is 2510. The lowest BCUT2D eigenvalue weighted by molar-refractivity contribution is 0.299. The highest BCUT2D eigenvalue weighted by Crippen LogP contribution is 2.54. The predicted molar refractivity (Wildman–Crippen MR) is 234 cm³/mol. The second kappa shape index (κ2) is 13.8. The van der Waals surface area contributed by atoms with Crippen LogP contribution in [0.25, 0.3) is 55.6 Å². The van der Waals surface area contributed by atoms with Crippen molar-refractivity contribution in [2.45, 2.75) is 38.5 Å². The second-order valence-corrected chi connectivity index (χ2v) is 15.8. The summed E-state index contributed by atoms with van der Waals surface area (Å²) in [5.41, 5.74) is 18.6. The van der Waals surface area contributed by atoms with E-state index < -0.39 is 0 Å². The van der Waals surface area contributed by atoms with Gasteiger partial charge in [-0.2, -0.15) is 0 Å². The largest absolute Gasteiger partial charge is 0.311 e. The number of anilines is 3. The molecule has 1 aliphatic carbocycles. The van der Waals surface area contributed by atoms with Crippen molar-refractivity contribution in [1.29, 1.82) is 0 Å². The highest BCUT2D eigenvalue weighted by atomic mass is 15.1. The number of nitrogens with zero attached hydrogens (tertiary/aromatic N) is 1. The molecule has 1 aliphatic rings. The standard InChI is InChI=1S/C54H45N/c1-53(2)51-21-12-11-20-49(51)50-35-28-45(37-52(50)54(53,3)4)44-19-13-18-43(36-44)42-26-33-48(34-27-42)55(46-29-22-40(23-30-46)38-14-7-5-8-15-38)47-31-24-41(25-32-47)39-16-9-6-10-17-39/h5-37H,1-4H3. The molecule has 0 aromatic heterocycles. The maximum absolute atomic E-state index is 2.44. The molecule has 0 aliphatic heterocycles. The van der Waals surface area contributed by atoms with Crippen molar-refractivity contribution in [2.75, 3.05) is 4.90 Å². The van der Waals surface area contributed by atoms with E-state index in [-0.39, 0.29) is 10.8 Å². The predicted octanol–water partition coefficient (Wildman–Crippen LogP) is 15.1. The minimum Gasteiger partial charge on any atom is -0.311 e. The Morgan fingerprint density at radius 3 is 1.15 bits per heavy atom. The average Bonchev–Trinajstić information content (AvgIpc) is 3.24. The molecule has 0 bridgehead atoms. The summed E-state index contributed by atoms with van der Waals surface area (Å²) in [4.78, 5) is 2.35. The Hall–Kier alpha value is -6.44. The molecule has 266 valence electrons. The van der Waals surface area contributed by atoms with Crippen molar-refractivity contribution in [3.8, 4) is 55.6 Å². The molecule has 0 unspecified atom stereocenters. The first-order valence-corrected chi connectivity index (χ1v) is 19.3. The number of hydrogen-bond donors (Lipinski definition) is 0. The van der Waals surface area contributed by atoms with Gasteiger partial charge in [0.1, 0.15) is 0 Å². The van der Waals surface area contributed by atoms with Crippen LogP contribution in [0.1, 0.15) is 38.8 Å². The quantitative estimate of drug-likeness (QED) is 0.159. The van der Waals surface area contributed by atoms with Crippen LogP contribution in [-0.2, 0) is 10.8 Å². The van der Waals surface area contributed by atoms with Gasteiger partial charge in [0.25, 0.3) is 0 Å². The fourth-order valence-corrected chi connectivity index (χ4v) is 8.41. The van der Waals surface area contributed by atoms with Gasteiger partial charge in [0.2, 0.25) is 0 Å². The van der Waals surface area contributed by atoms with Crippen LogP contribution in [0, 0.1) is 0 Å². The normalized spacial score (nSPS) is 13.7. The van der Waals surface area contributed by atoms with Gasteiger partial charge < -0.3 is 4.90 Å². The zero-order chi connectivity index (χ0) is 37.6. The number of fused-ring (bicyclic) bond motifs is 3. The molecular formula is C54H45N. The topological polar surface area (TPSA) is 3.24 Å². The van der Waals surface area contributed by atoms with Gasteiger partial charge in [0.05, 0.1) is 0 Å². The van der Waals surface area contributed by atoms with Gasteiger partial charge in [-0.3, -0.25) is 0 Å². The summed E-state index contributed by atoms with van der Waals surface area (Å²) in [6.07, 6.45) is 0. The van der Waals surface area contributed by atoms with Crippen molar-refractivity contribution in [2.24, 2.45) is 0 Å². The molecule has 0 amide bonds. The smallest absolute Gasteiger partial charge is 0.0462 e. The molecule has 0 N–H and O–H groups in total. The fraction of sp³-hybridized carbons (Fsp3) is 0.111. The van der Waals surface area contributed by atoms with Crippen molar-refractivity contribution >= 4 is 17.1 Å². The van der Waals surface area contributed by atoms with Gasteiger partial charge in [-0.25, -0.2) is 0 Å². The third-order valence-electron chi connectivity index (χ3n) is 12.3. The third-order valence-corrected chi connectivity index (χ3v) is 12.3. The van der Waals surface area contributed by atoms with E-state index in [0.29, 0.717) is 0 Å². The van der Waals surface area contributed by atoms with Crippen molar-refractivity contribution in [3.05, 3.63) is 211 Å². The van der Waals surface area contributed by atoms with E-state index in [9.17, 15) is 0 Å². The summed E-state index contributed by atoms with van der Waals surface area (Å²) in [6, 6.07) is 73.0. The van der Waals surface area contributed by atoms with Crippen LogP contribution in [0.3, 0.4) is 0 Å². The van der Waals surface area contributed by atoms with E-state index in [0.717, 1.165) is 17.1 Å². The molecule has 0 saturated heterocycles. The number of rotatable bonds is 7. The Kier molecular flexibility index (Phi) is 8.59. The van der Waals surface area contributed by atoms with Crippen LogP contribution in [0.4, 0.5) is 17.1 Å². The fourth-order valence-electron chi connectivity index (χ4n) is 8.41. The molecule has 0 fully saturated rings. The minimum atomic E-state index is -0.0320. The van der Waals surface area contributed by atoms with Crippen molar-refractivity contribution < 1.29 is 0 Å². The van der Waals surface area contributed by atoms with Crippen LogP contribution >= 0.6 is 0 Å². The molecule has 0 atom stereocenters. The molecule has 9 rings (SSSR count). The van der Waals surface area contributed by atoms with E-state index in [1.165, 1.54) is 66.8 Å². The monoisotopic (exact) mass is 707 g/mol. The number of benzene rings is 8. The van der Waals surface area contributed by atoms with Gasteiger partial charge in [-0.1, -0.05) is 179 Å². The molecule has 8 aromatic rings. The zero-order valence-electron chi connectivity index (χ0n) is 32.0. The molecule has 8 aromatic carbocycles. The lowest BCUT2D eigenvalue weighted by Crippen LogP contribution is -2.43.